The zero-order valence-corrected chi connectivity index (χ0v) is 18.7. The predicted molar refractivity (Wildman–Crippen MR) is 121 cm³/mol. The number of nitrogens with one attached hydrogen (secondary N) is 2. The van der Waals surface area contributed by atoms with Gasteiger partial charge in [-0.15, -0.1) is 5.10 Å². The van der Waals surface area contributed by atoms with E-state index in [-0.39, 0.29) is 17.8 Å². The minimum Gasteiger partial charge on any atom is -0.490 e. The largest absolute Gasteiger partial charge is 0.490 e. The number of benzene rings is 2. The molecule has 1 heterocycles. The van der Waals surface area contributed by atoms with Crippen molar-refractivity contribution in [1.82, 2.24) is 20.2 Å². The standard InChI is InChI=1S/C22H24N6O6/c1-3-32-18-10-9-15(11-19(18)33-4-2)24-21(30)13-34-22(31)16-7-5-6-8-17(16)25-20(29)12-28-14-23-26-27-28/h5-11,14H,3-4,12-13H2,1-2H3,(H,24,30)(H,25,29). The zero-order chi connectivity index (χ0) is 24.3. The lowest BCUT2D eigenvalue weighted by atomic mass is 10.2. The fourth-order valence-electron chi connectivity index (χ4n) is 2.89. The van der Waals surface area contributed by atoms with Crippen LogP contribution in [0.2, 0.25) is 0 Å². The van der Waals surface area contributed by atoms with Crippen molar-refractivity contribution in [3.05, 3.63) is 54.4 Å². The number of hydrogen-bond acceptors (Lipinski definition) is 9. The van der Waals surface area contributed by atoms with Crippen molar-refractivity contribution < 1.29 is 28.6 Å². The van der Waals surface area contributed by atoms with Crippen molar-refractivity contribution in [1.29, 1.82) is 0 Å². The van der Waals surface area contributed by atoms with Crippen LogP contribution < -0.4 is 20.1 Å². The Labute approximate surface area is 195 Å². The highest BCUT2D eigenvalue weighted by Gasteiger charge is 2.17. The number of anilines is 2. The maximum atomic E-state index is 12.5. The Morgan fingerprint density at radius 3 is 2.44 bits per heavy atom. The molecule has 2 aromatic carbocycles. The number of carbonyl (C=O) groups excluding carboxylic acids is 3. The van der Waals surface area contributed by atoms with E-state index in [4.69, 9.17) is 14.2 Å². The summed E-state index contributed by atoms with van der Waals surface area (Å²) in [7, 11) is 0. The molecule has 178 valence electrons. The molecule has 0 aliphatic rings. The highest BCUT2D eigenvalue weighted by Crippen LogP contribution is 2.30. The summed E-state index contributed by atoms with van der Waals surface area (Å²) in [6.45, 7) is 3.94. The third-order valence-electron chi connectivity index (χ3n) is 4.28. The molecule has 0 radical (unpaired) electrons. The van der Waals surface area contributed by atoms with Crippen molar-refractivity contribution in [2.75, 3.05) is 30.5 Å². The average molecular weight is 468 g/mol. The van der Waals surface area contributed by atoms with Crippen LogP contribution in [-0.2, 0) is 20.9 Å². The van der Waals surface area contributed by atoms with Crippen LogP contribution in [0.15, 0.2) is 48.8 Å². The molecule has 12 nitrogen and oxygen atoms in total. The van der Waals surface area contributed by atoms with Gasteiger partial charge >= 0.3 is 5.97 Å². The number of amides is 2. The van der Waals surface area contributed by atoms with Gasteiger partial charge < -0.3 is 24.8 Å². The number of carbonyl (C=O) groups is 3. The highest BCUT2D eigenvalue weighted by molar-refractivity contribution is 6.02. The van der Waals surface area contributed by atoms with E-state index in [0.717, 1.165) is 0 Å². The van der Waals surface area contributed by atoms with Crippen molar-refractivity contribution in [3.8, 4) is 11.5 Å². The monoisotopic (exact) mass is 468 g/mol. The summed E-state index contributed by atoms with van der Waals surface area (Å²) in [6, 6.07) is 11.3. The van der Waals surface area contributed by atoms with Crippen molar-refractivity contribution in [2.45, 2.75) is 20.4 Å². The number of aromatic nitrogens is 4. The first-order valence-corrected chi connectivity index (χ1v) is 10.5. The summed E-state index contributed by atoms with van der Waals surface area (Å²) < 4.78 is 17.4. The number of nitrogens with zero attached hydrogens (tertiary/aromatic N) is 4. The van der Waals surface area contributed by atoms with Gasteiger partial charge in [0.1, 0.15) is 12.9 Å². The summed E-state index contributed by atoms with van der Waals surface area (Å²) in [6.07, 6.45) is 1.29. The topological polar surface area (TPSA) is 147 Å². The minimum absolute atomic E-state index is 0.0973. The molecule has 1 aromatic heterocycles. The molecule has 0 saturated carbocycles. The number of esters is 1. The molecule has 3 rings (SSSR count). The molecule has 0 atom stereocenters. The van der Waals surface area contributed by atoms with Crippen molar-refractivity contribution >= 4 is 29.2 Å². The molecule has 0 bridgehead atoms. The van der Waals surface area contributed by atoms with E-state index >= 15 is 0 Å². The Bertz CT molecular complexity index is 1130. The number of para-hydroxylation sites is 1. The molecule has 0 saturated heterocycles. The predicted octanol–water partition coefficient (Wildman–Crippen LogP) is 1.90. The van der Waals surface area contributed by atoms with Gasteiger partial charge in [0, 0.05) is 11.8 Å². The smallest absolute Gasteiger partial charge is 0.340 e. The Morgan fingerprint density at radius 2 is 1.71 bits per heavy atom. The van der Waals surface area contributed by atoms with E-state index in [0.29, 0.717) is 30.4 Å². The van der Waals surface area contributed by atoms with Gasteiger partial charge in [-0.25, -0.2) is 9.48 Å². The Hall–Kier alpha value is -4.48. The summed E-state index contributed by atoms with van der Waals surface area (Å²) in [5, 5.41) is 15.8. The quantitative estimate of drug-likeness (QED) is 0.403. The molecule has 0 aliphatic heterocycles. The first kappa shape index (κ1) is 24.2. The van der Waals surface area contributed by atoms with Gasteiger partial charge in [-0.05, 0) is 48.5 Å². The first-order valence-electron chi connectivity index (χ1n) is 10.5. The molecule has 3 aromatic rings. The van der Waals surface area contributed by atoms with Crippen molar-refractivity contribution in [2.24, 2.45) is 0 Å². The first-order chi connectivity index (χ1) is 16.5. The lowest BCUT2D eigenvalue weighted by Gasteiger charge is -2.13. The Morgan fingerprint density at radius 1 is 0.941 bits per heavy atom. The van der Waals surface area contributed by atoms with Gasteiger partial charge in [0.2, 0.25) is 5.91 Å². The summed E-state index contributed by atoms with van der Waals surface area (Å²) in [5.41, 5.74) is 0.794. The maximum absolute atomic E-state index is 12.5. The van der Waals surface area contributed by atoms with Crippen LogP contribution in [0.1, 0.15) is 24.2 Å². The Kier molecular flexibility index (Phi) is 8.49. The van der Waals surface area contributed by atoms with Gasteiger partial charge in [0.15, 0.2) is 18.1 Å². The lowest BCUT2D eigenvalue weighted by molar-refractivity contribution is -0.119. The van der Waals surface area contributed by atoms with E-state index in [9.17, 15) is 14.4 Å². The van der Waals surface area contributed by atoms with Crippen LogP contribution in [0.5, 0.6) is 11.5 Å². The average Bonchev–Trinajstić information content (AvgIpc) is 3.32. The Balaban J connectivity index is 1.58. The molecule has 12 heteroatoms. The van der Waals surface area contributed by atoms with E-state index < -0.39 is 24.4 Å². The molecule has 0 fully saturated rings. The third kappa shape index (κ3) is 6.76. The van der Waals surface area contributed by atoms with Crippen LogP contribution in [0.3, 0.4) is 0 Å². The van der Waals surface area contributed by atoms with Crippen LogP contribution in [0.4, 0.5) is 11.4 Å². The molecular formula is C22H24N6O6. The third-order valence-corrected chi connectivity index (χ3v) is 4.28. The molecule has 34 heavy (non-hydrogen) atoms. The van der Waals surface area contributed by atoms with Crippen LogP contribution in [-0.4, -0.2) is 57.8 Å². The maximum Gasteiger partial charge on any atom is 0.340 e. The van der Waals surface area contributed by atoms with E-state index in [1.165, 1.54) is 17.1 Å². The number of ether oxygens (including phenoxy) is 3. The fraction of sp³-hybridized carbons (Fsp3) is 0.273. The van der Waals surface area contributed by atoms with Crippen LogP contribution in [0.25, 0.3) is 0 Å². The number of hydrogen-bond donors (Lipinski definition) is 2. The fourth-order valence-corrected chi connectivity index (χ4v) is 2.89. The second-order valence-electron chi connectivity index (χ2n) is 6.75. The van der Waals surface area contributed by atoms with E-state index in [1.54, 1.807) is 36.4 Å². The molecule has 0 aliphatic carbocycles. The zero-order valence-electron chi connectivity index (χ0n) is 18.7. The second kappa shape index (κ2) is 11.9. The molecule has 0 spiro atoms. The summed E-state index contributed by atoms with van der Waals surface area (Å²) in [4.78, 5) is 37.1. The van der Waals surface area contributed by atoms with Crippen LogP contribution in [0, 0.1) is 0 Å². The van der Waals surface area contributed by atoms with E-state index in [2.05, 4.69) is 26.2 Å². The molecule has 2 N–H and O–H groups in total. The van der Waals surface area contributed by atoms with Crippen LogP contribution >= 0.6 is 0 Å². The normalized spacial score (nSPS) is 10.3. The van der Waals surface area contributed by atoms with Gasteiger partial charge in [0.25, 0.3) is 5.91 Å². The molecule has 0 unspecified atom stereocenters. The SMILES string of the molecule is CCOc1ccc(NC(=O)COC(=O)c2ccccc2NC(=O)Cn2cnnn2)cc1OCC. The van der Waals surface area contributed by atoms with Crippen molar-refractivity contribution in [3.63, 3.8) is 0 Å². The van der Waals surface area contributed by atoms with Gasteiger partial charge in [0.05, 0.1) is 24.5 Å². The second-order valence-corrected chi connectivity index (χ2v) is 6.75. The highest BCUT2D eigenvalue weighted by atomic mass is 16.5. The summed E-state index contributed by atoms with van der Waals surface area (Å²) in [5.74, 6) is -0.695. The number of tetrazole rings is 1. The van der Waals surface area contributed by atoms with E-state index in [1.807, 2.05) is 13.8 Å². The summed E-state index contributed by atoms with van der Waals surface area (Å²) >= 11 is 0. The molecule has 2 amide bonds. The minimum atomic E-state index is -0.768. The van der Waals surface area contributed by atoms with Gasteiger partial charge in [-0.3, -0.25) is 9.59 Å². The number of rotatable bonds is 11. The van der Waals surface area contributed by atoms with Gasteiger partial charge in [-0.1, -0.05) is 12.1 Å². The molecular weight excluding hydrogens is 444 g/mol. The van der Waals surface area contributed by atoms with Gasteiger partial charge in [-0.2, -0.15) is 0 Å². The lowest BCUT2D eigenvalue weighted by Crippen LogP contribution is -2.23.